The minimum absolute atomic E-state index is 0.0589. The van der Waals surface area contributed by atoms with Gasteiger partial charge in [-0.25, -0.2) is 0 Å². The molecule has 2 unspecified atom stereocenters. The number of para-hydroxylation sites is 1. The third-order valence-electron chi connectivity index (χ3n) is 4.38. The molecule has 1 aliphatic carbocycles. The average molecular weight is 290 g/mol. The van der Waals surface area contributed by atoms with E-state index in [1.54, 1.807) is 6.07 Å². The van der Waals surface area contributed by atoms with Gasteiger partial charge in [0.15, 0.2) is 5.75 Å². The second-order valence-electron chi connectivity index (χ2n) is 5.76. The molecule has 2 atom stereocenters. The first-order valence-electron chi connectivity index (χ1n) is 7.71. The van der Waals surface area contributed by atoms with Gasteiger partial charge < -0.3 is 20.5 Å². The first kappa shape index (κ1) is 14.2. The molecule has 3 rings (SSSR count). The topological polar surface area (TPSA) is 70.6 Å². The molecule has 1 saturated carbocycles. The summed E-state index contributed by atoms with van der Waals surface area (Å²) in [5.74, 6) is 0.694. The highest BCUT2D eigenvalue weighted by Crippen LogP contribution is 2.32. The molecule has 0 spiro atoms. The second kappa shape index (κ2) is 6.35. The van der Waals surface area contributed by atoms with Gasteiger partial charge in [0.05, 0.1) is 11.3 Å². The lowest BCUT2D eigenvalue weighted by molar-refractivity contribution is 0.0868. The van der Waals surface area contributed by atoms with Crippen molar-refractivity contribution in [1.82, 2.24) is 5.32 Å². The summed E-state index contributed by atoms with van der Waals surface area (Å²) in [7, 11) is 0. The van der Waals surface area contributed by atoms with E-state index in [1.807, 2.05) is 12.1 Å². The summed E-state index contributed by atoms with van der Waals surface area (Å²) in [6, 6.07) is 5.63. The number of carbonyl (C=O) groups is 1. The van der Waals surface area contributed by atoms with Crippen molar-refractivity contribution in [2.45, 2.75) is 31.7 Å². The Balaban J connectivity index is 1.76. The molecule has 114 valence electrons. The molecule has 0 radical (unpaired) electrons. The van der Waals surface area contributed by atoms with E-state index in [0.717, 1.165) is 37.9 Å². The number of aliphatic hydroxyl groups excluding tert-OH is 1. The molecule has 0 bridgehead atoms. The molecule has 1 aliphatic heterocycles. The lowest BCUT2D eigenvalue weighted by atomic mass is 9.85. The number of carbonyl (C=O) groups excluding carboxylic acids is 1. The van der Waals surface area contributed by atoms with Crippen LogP contribution in [0.1, 0.15) is 36.0 Å². The Morgan fingerprint density at radius 1 is 1.38 bits per heavy atom. The number of ether oxygens (including phenoxy) is 1. The van der Waals surface area contributed by atoms with Crippen LogP contribution < -0.4 is 15.4 Å². The molecule has 0 saturated heterocycles. The number of hydrogen-bond donors (Lipinski definition) is 3. The largest absolute Gasteiger partial charge is 0.489 e. The van der Waals surface area contributed by atoms with Crippen LogP contribution in [0.5, 0.6) is 5.75 Å². The molecular formula is C16H22N2O3. The predicted molar refractivity (Wildman–Crippen MR) is 80.7 cm³/mol. The van der Waals surface area contributed by atoms with E-state index in [-0.39, 0.29) is 24.5 Å². The molecule has 1 fully saturated rings. The van der Waals surface area contributed by atoms with Crippen LogP contribution in [0.2, 0.25) is 0 Å². The smallest absolute Gasteiger partial charge is 0.255 e. The third kappa shape index (κ3) is 2.97. The van der Waals surface area contributed by atoms with Gasteiger partial charge in [-0.3, -0.25) is 4.79 Å². The van der Waals surface area contributed by atoms with Crippen molar-refractivity contribution < 1.29 is 14.6 Å². The molecular weight excluding hydrogens is 268 g/mol. The Morgan fingerprint density at radius 3 is 3.10 bits per heavy atom. The van der Waals surface area contributed by atoms with E-state index >= 15 is 0 Å². The van der Waals surface area contributed by atoms with Crippen molar-refractivity contribution in [3.63, 3.8) is 0 Å². The van der Waals surface area contributed by atoms with Crippen LogP contribution in [0, 0.1) is 5.92 Å². The predicted octanol–water partition coefficient (Wildman–Crippen LogP) is 1.77. The second-order valence-corrected chi connectivity index (χ2v) is 5.76. The van der Waals surface area contributed by atoms with Gasteiger partial charge in [0.2, 0.25) is 0 Å². The quantitative estimate of drug-likeness (QED) is 0.793. The Kier molecular flexibility index (Phi) is 4.29. The van der Waals surface area contributed by atoms with Gasteiger partial charge in [-0.2, -0.15) is 0 Å². The molecule has 21 heavy (non-hydrogen) atoms. The summed E-state index contributed by atoms with van der Waals surface area (Å²) in [5, 5.41) is 15.8. The Morgan fingerprint density at radius 2 is 2.24 bits per heavy atom. The Hall–Kier alpha value is -1.75. The number of nitrogens with one attached hydrogen (secondary N) is 2. The normalized spacial score (nSPS) is 24.4. The van der Waals surface area contributed by atoms with Crippen LogP contribution in [0.4, 0.5) is 5.69 Å². The molecule has 5 heteroatoms. The maximum Gasteiger partial charge on any atom is 0.255 e. The third-order valence-corrected chi connectivity index (χ3v) is 4.38. The van der Waals surface area contributed by atoms with Gasteiger partial charge in [-0.05, 0) is 25.0 Å². The summed E-state index contributed by atoms with van der Waals surface area (Å²) in [6.07, 6.45) is 4.15. The Bertz CT molecular complexity index is 518. The number of rotatable bonds is 3. The van der Waals surface area contributed by atoms with Gasteiger partial charge in [-0.15, -0.1) is 0 Å². The lowest BCUT2D eigenvalue weighted by Crippen LogP contribution is -2.43. The highest BCUT2D eigenvalue weighted by atomic mass is 16.5. The van der Waals surface area contributed by atoms with Gasteiger partial charge in [0.1, 0.15) is 6.61 Å². The molecule has 1 amide bonds. The van der Waals surface area contributed by atoms with Crippen LogP contribution in [-0.2, 0) is 0 Å². The first-order chi connectivity index (χ1) is 10.3. The maximum absolute atomic E-state index is 12.5. The zero-order valence-electron chi connectivity index (χ0n) is 12.1. The van der Waals surface area contributed by atoms with E-state index in [4.69, 9.17) is 4.74 Å². The molecule has 2 aliphatic rings. The number of anilines is 1. The minimum atomic E-state index is -0.110. The fourth-order valence-corrected chi connectivity index (χ4v) is 3.21. The fraction of sp³-hybridized carbons (Fsp3) is 0.562. The van der Waals surface area contributed by atoms with E-state index in [1.165, 1.54) is 0 Å². The highest BCUT2D eigenvalue weighted by Gasteiger charge is 2.27. The molecule has 0 aromatic heterocycles. The van der Waals surface area contributed by atoms with Crippen molar-refractivity contribution in [2.75, 3.05) is 25.1 Å². The van der Waals surface area contributed by atoms with Crippen molar-refractivity contribution >= 4 is 11.6 Å². The minimum Gasteiger partial charge on any atom is -0.489 e. The van der Waals surface area contributed by atoms with Crippen LogP contribution >= 0.6 is 0 Å². The number of amides is 1. The van der Waals surface area contributed by atoms with Crippen molar-refractivity contribution in [1.29, 1.82) is 0 Å². The van der Waals surface area contributed by atoms with Crippen LogP contribution in [0.15, 0.2) is 18.2 Å². The monoisotopic (exact) mass is 290 g/mol. The van der Waals surface area contributed by atoms with E-state index < -0.39 is 0 Å². The number of aliphatic hydroxyl groups is 1. The van der Waals surface area contributed by atoms with Crippen molar-refractivity contribution in [3.05, 3.63) is 23.8 Å². The van der Waals surface area contributed by atoms with Gasteiger partial charge in [-0.1, -0.05) is 18.9 Å². The highest BCUT2D eigenvalue weighted by molar-refractivity contribution is 5.99. The summed E-state index contributed by atoms with van der Waals surface area (Å²) < 4.78 is 5.65. The zero-order valence-corrected chi connectivity index (χ0v) is 12.1. The number of benzene rings is 1. The SMILES string of the molecule is O=C(NC1CCCCC1CO)c1cccc2c1OCCN2. The Labute approximate surface area is 124 Å². The van der Waals surface area contributed by atoms with Crippen molar-refractivity contribution in [2.24, 2.45) is 5.92 Å². The van der Waals surface area contributed by atoms with Crippen LogP contribution in [0.3, 0.4) is 0 Å². The van der Waals surface area contributed by atoms with Gasteiger partial charge >= 0.3 is 0 Å². The molecule has 3 N–H and O–H groups in total. The average Bonchev–Trinajstić information content (AvgIpc) is 2.54. The molecule has 1 aromatic rings. The van der Waals surface area contributed by atoms with Gasteiger partial charge in [0, 0.05) is 25.1 Å². The standard InChI is InChI=1S/C16H22N2O3/c19-10-11-4-1-2-6-13(11)18-16(20)12-5-3-7-14-15(12)21-9-8-17-14/h3,5,7,11,13,17,19H,1-2,4,6,8-10H2,(H,18,20). The first-order valence-corrected chi connectivity index (χ1v) is 7.71. The summed E-state index contributed by atoms with van der Waals surface area (Å²) in [5.41, 5.74) is 1.44. The summed E-state index contributed by atoms with van der Waals surface area (Å²) >= 11 is 0. The van der Waals surface area contributed by atoms with Crippen molar-refractivity contribution in [3.8, 4) is 5.75 Å². The van der Waals surface area contributed by atoms with E-state index in [9.17, 15) is 9.90 Å². The fourth-order valence-electron chi connectivity index (χ4n) is 3.21. The van der Waals surface area contributed by atoms with E-state index in [0.29, 0.717) is 17.9 Å². The maximum atomic E-state index is 12.5. The summed E-state index contributed by atoms with van der Waals surface area (Å²) in [4.78, 5) is 12.5. The zero-order chi connectivity index (χ0) is 14.7. The molecule has 5 nitrogen and oxygen atoms in total. The van der Waals surface area contributed by atoms with Crippen LogP contribution in [0.25, 0.3) is 0 Å². The van der Waals surface area contributed by atoms with E-state index in [2.05, 4.69) is 10.6 Å². The molecule has 1 aromatic carbocycles. The molecule has 1 heterocycles. The van der Waals surface area contributed by atoms with Gasteiger partial charge in [0.25, 0.3) is 5.91 Å². The number of fused-ring (bicyclic) bond motifs is 1. The van der Waals surface area contributed by atoms with Crippen LogP contribution in [-0.4, -0.2) is 36.8 Å². The lowest BCUT2D eigenvalue weighted by Gasteiger charge is -2.31. The number of hydrogen-bond acceptors (Lipinski definition) is 4. The summed E-state index contributed by atoms with van der Waals surface area (Å²) in [6.45, 7) is 1.46.